The number of rotatable bonds is 9. The predicted octanol–water partition coefficient (Wildman–Crippen LogP) is 0.0316. The fourth-order valence-electron chi connectivity index (χ4n) is 1.69. The van der Waals surface area contributed by atoms with E-state index in [0.717, 1.165) is 0 Å². The summed E-state index contributed by atoms with van der Waals surface area (Å²) >= 11 is 0. The molecular weight excluding hydrogens is 276 g/mol. The molecule has 0 saturated carbocycles. The Hall–Kier alpha value is -1.86. The molecule has 7 heteroatoms. The molecule has 0 atom stereocenters. The number of ether oxygens (including phenoxy) is 2. The lowest BCUT2D eigenvalue weighted by atomic mass is 10.3. The van der Waals surface area contributed by atoms with E-state index in [4.69, 9.17) is 9.47 Å². The third-order valence-corrected chi connectivity index (χ3v) is 2.88. The van der Waals surface area contributed by atoms with Crippen molar-refractivity contribution in [1.82, 2.24) is 9.88 Å². The van der Waals surface area contributed by atoms with E-state index in [1.807, 2.05) is 0 Å². The standard InChI is InChI=1S/C14H22N2O5/c1-11-14(19)13(18)3-5-16(11)6-8-21-10-9-20-7-4-15-12(2)17/h3,5,19H,4,6-10H2,1-2H3,(H,15,17). The number of carbonyl (C=O) groups is 1. The summed E-state index contributed by atoms with van der Waals surface area (Å²) in [6.07, 6.45) is 1.63. The highest BCUT2D eigenvalue weighted by Crippen LogP contribution is 2.08. The topological polar surface area (TPSA) is 89.8 Å². The van der Waals surface area contributed by atoms with E-state index in [9.17, 15) is 14.7 Å². The van der Waals surface area contributed by atoms with Gasteiger partial charge in [-0.1, -0.05) is 0 Å². The molecule has 2 N–H and O–H groups in total. The quantitative estimate of drug-likeness (QED) is 0.628. The van der Waals surface area contributed by atoms with Crippen LogP contribution in [-0.2, 0) is 20.8 Å². The van der Waals surface area contributed by atoms with Crippen LogP contribution in [0.1, 0.15) is 12.6 Å². The van der Waals surface area contributed by atoms with Gasteiger partial charge in [0.2, 0.25) is 11.3 Å². The van der Waals surface area contributed by atoms with Crippen LogP contribution in [0, 0.1) is 6.92 Å². The Morgan fingerprint density at radius 3 is 2.62 bits per heavy atom. The fourth-order valence-corrected chi connectivity index (χ4v) is 1.69. The van der Waals surface area contributed by atoms with Crippen LogP contribution in [0.4, 0.5) is 0 Å². The first kappa shape index (κ1) is 17.2. The van der Waals surface area contributed by atoms with E-state index < -0.39 is 0 Å². The predicted molar refractivity (Wildman–Crippen MR) is 77.4 cm³/mol. The third kappa shape index (κ3) is 6.42. The largest absolute Gasteiger partial charge is 0.503 e. The number of nitrogens with zero attached hydrogens (tertiary/aromatic N) is 1. The second-order valence-electron chi connectivity index (χ2n) is 4.52. The number of aromatic hydroxyl groups is 1. The lowest BCUT2D eigenvalue weighted by Gasteiger charge is -2.11. The van der Waals surface area contributed by atoms with E-state index >= 15 is 0 Å². The van der Waals surface area contributed by atoms with Crippen LogP contribution in [0.5, 0.6) is 5.75 Å². The molecule has 0 bridgehead atoms. The Labute approximate surface area is 123 Å². The summed E-state index contributed by atoms with van der Waals surface area (Å²) in [4.78, 5) is 21.8. The minimum Gasteiger partial charge on any atom is -0.503 e. The first-order valence-electron chi connectivity index (χ1n) is 6.81. The van der Waals surface area contributed by atoms with Gasteiger partial charge in [-0.3, -0.25) is 9.59 Å². The number of carbonyl (C=O) groups excluding carboxylic acids is 1. The summed E-state index contributed by atoms with van der Waals surface area (Å²) in [7, 11) is 0. The Kier molecular flexibility index (Phi) is 7.49. The molecule has 1 aromatic heterocycles. The average molecular weight is 298 g/mol. The first-order chi connectivity index (χ1) is 10.0. The van der Waals surface area contributed by atoms with E-state index in [2.05, 4.69) is 5.32 Å². The van der Waals surface area contributed by atoms with Gasteiger partial charge >= 0.3 is 0 Å². The Bertz CT molecular complexity index is 513. The summed E-state index contributed by atoms with van der Waals surface area (Å²) in [5.41, 5.74) is 0.148. The van der Waals surface area contributed by atoms with Crippen molar-refractivity contribution in [2.24, 2.45) is 0 Å². The number of hydrogen-bond acceptors (Lipinski definition) is 5. The van der Waals surface area contributed by atoms with Crippen molar-refractivity contribution < 1.29 is 19.4 Å². The fraction of sp³-hybridized carbons (Fsp3) is 0.571. The second kappa shape index (κ2) is 9.15. The number of nitrogens with one attached hydrogen (secondary N) is 1. The van der Waals surface area contributed by atoms with Crippen LogP contribution in [0.25, 0.3) is 0 Å². The monoisotopic (exact) mass is 298 g/mol. The third-order valence-electron chi connectivity index (χ3n) is 2.88. The van der Waals surface area contributed by atoms with Crippen molar-refractivity contribution in [3.8, 4) is 5.75 Å². The molecule has 1 heterocycles. The molecule has 21 heavy (non-hydrogen) atoms. The van der Waals surface area contributed by atoms with E-state index in [0.29, 0.717) is 45.2 Å². The zero-order valence-corrected chi connectivity index (χ0v) is 12.4. The molecule has 0 fully saturated rings. The molecule has 0 aliphatic heterocycles. The van der Waals surface area contributed by atoms with Crippen LogP contribution >= 0.6 is 0 Å². The summed E-state index contributed by atoms with van der Waals surface area (Å²) in [5, 5.41) is 12.2. The molecule has 0 spiro atoms. The molecule has 0 unspecified atom stereocenters. The van der Waals surface area contributed by atoms with Crippen molar-refractivity contribution in [3.05, 3.63) is 28.2 Å². The van der Waals surface area contributed by atoms with Gasteiger partial charge in [0.15, 0.2) is 5.75 Å². The van der Waals surface area contributed by atoms with Crippen molar-refractivity contribution in [2.75, 3.05) is 33.0 Å². The molecule has 1 rings (SSSR count). The van der Waals surface area contributed by atoms with Crippen LogP contribution in [0.3, 0.4) is 0 Å². The number of hydrogen-bond donors (Lipinski definition) is 2. The van der Waals surface area contributed by atoms with Crippen molar-refractivity contribution in [3.63, 3.8) is 0 Å². The van der Waals surface area contributed by atoms with Gasteiger partial charge in [-0.15, -0.1) is 0 Å². The molecule has 0 aliphatic rings. The van der Waals surface area contributed by atoms with Crippen LogP contribution in [-0.4, -0.2) is 48.6 Å². The van der Waals surface area contributed by atoms with E-state index in [1.54, 1.807) is 17.7 Å². The van der Waals surface area contributed by atoms with Gasteiger partial charge < -0.3 is 24.5 Å². The zero-order chi connectivity index (χ0) is 15.7. The first-order valence-corrected chi connectivity index (χ1v) is 6.81. The summed E-state index contributed by atoms with van der Waals surface area (Å²) in [6, 6.07) is 1.33. The van der Waals surface area contributed by atoms with Gasteiger partial charge in [-0.2, -0.15) is 0 Å². The normalized spacial score (nSPS) is 10.6. The maximum absolute atomic E-state index is 11.2. The average Bonchev–Trinajstić information content (AvgIpc) is 2.45. The van der Waals surface area contributed by atoms with Crippen LogP contribution < -0.4 is 10.7 Å². The van der Waals surface area contributed by atoms with Gasteiger partial charge in [0.1, 0.15) is 0 Å². The van der Waals surface area contributed by atoms with E-state index in [-0.39, 0.29) is 17.1 Å². The molecule has 0 aromatic carbocycles. The van der Waals surface area contributed by atoms with Crippen LogP contribution in [0.15, 0.2) is 17.1 Å². The molecule has 1 aromatic rings. The maximum atomic E-state index is 11.2. The van der Waals surface area contributed by atoms with Gasteiger partial charge in [0, 0.05) is 32.3 Å². The SMILES string of the molecule is CC(=O)NCCOCCOCCn1ccc(=O)c(O)c1C. The highest BCUT2D eigenvalue weighted by atomic mass is 16.5. The smallest absolute Gasteiger partial charge is 0.223 e. The zero-order valence-electron chi connectivity index (χ0n) is 12.4. The molecule has 1 amide bonds. The van der Waals surface area contributed by atoms with Crippen molar-refractivity contribution >= 4 is 5.91 Å². The van der Waals surface area contributed by atoms with Gasteiger partial charge in [0.25, 0.3) is 0 Å². The minimum absolute atomic E-state index is 0.0744. The Morgan fingerprint density at radius 1 is 1.29 bits per heavy atom. The second-order valence-corrected chi connectivity index (χ2v) is 4.52. The molecule has 0 saturated heterocycles. The lowest BCUT2D eigenvalue weighted by Crippen LogP contribution is -2.25. The molecule has 118 valence electrons. The molecular formula is C14H22N2O5. The van der Waals surface area contributed by atoms with Gasteiger partial charge in [-0.25, -0.2) is 0 Å². The summed E-state index contributed by atoms with van der Waals surface area (Å²) in [5.74, 6) is -0.298. The minimum atomic E-state index is -0.378. The lowest BCUT2D eigenvalue weighted by molar-refractivity contribution is -0.119. The van der Waals surface area contributed by atoms with E-state index in [1.165, 1.54) is 13.0 Å². The number of amides is 1. The summed E-state index contributed by atoms with van der Waals surface area (Å²) in [6.45, 7) is 5.99. The van der Waals surface area contributed by atoms with Crippen molar-refractivity contribution in [2.45, 2.75) is 20.4 Å². The van der Waals surface area contributed by atoms with Crippen molar-refractivity contribution in [1.29, 1.82) is 0 Å². The number of aromatic nitrogens is 1. The summed E-state index contributed by atoms with van der Waals surface area (Å²) < 4.78 is 12.4. The van der Waals surface area contributed by atoms with Crippen LogP contribution in [0.2, 0.25) is 0 Å². The van der Waals surface area contributed by atoms with Gasteiger partial charge in [0.05, 0.1) is 32.1 Å². The highest BCUT2D eigenvalue weighted by molar-refractivity contribution is 5.72. The molecule has 0 aliphatic carbocycles. The Morgan fingerprint density at radius 2 is 1.95 bits per heavy atom. The maximum Gasteiger partial charge on any atom is 0.223 e. The molecule has 7 nitrogen and oxygen atoms in total. The number of pyridine rings is 1. The van der Waals surface area contributed by atoms with Gasteiger partial charge in [-0.05, 0) is 6.92 Å². The highest BCUT2D eigenvalue weighted by Gasteiger charge is 2.04. The Balaban J connectivity index is 2.11. The molecule has 0 radical (unpaired) electrons.